The highest BCUT2D eigenvalue weighted by atomic mass is 35.5. The van der Waals surface area contributed by atoms with Gasteiger partial charge in [-0.3, -0.25) is 4.79 Å². The Bertz CT molecular complexity index is 400. The van der Waals surface area contributed by atoms with Crippen LogP contribution < -0.4 is 11.1 Å². The summed E-state index contributed by atoms with van der Waals surface area (Å²) in [6.07, 6.45) is 2.04. The van der Waals surface area contributed by atoms with Crippen molar-refractivity contribution in [2.45, 2.75) is 6.92 Å². The van der Waals surface area contributed by atoms with Crippen molar-refractivity contribution in [3.8, 4) is 0 Å². The Morgan fingerprint density at radius 2 is 2.35 bits per heavy atom. The number of amides is 1. The Morgan fingerprint density at radius 3 is 3.00 bits per heavy atom. The lowest BCUT2D eigenvalue weighted by Gasteiger charge is -2.11. The van der Waals surface area contributed by atoms with Gasteiger partial charge in [-0.1, -0.05) is 18.5 Å². The molecule has 3 N–H and O–H groups in total. The second kappa shape index (κ2) is 6.71. The number of carbonyl (C=O) groups is 1. The van der Waals surface area contributed by atoms with Crippen LogP contribution in [0.2, 0.25) is 5.02 Å². The highest BCUT2D eigenvalue weighted by Gasteiger charge is 2.13. The molecule has 1 aromatic rings. The summed E-state index contributed by atoms with van der Waals surface area (Å²) in [5.41, 5.74) is 5.70. The van der Waals surface area contributed by atoms with E-state index in [4.69, 9.17) is 17.3 Å². The molecule has 0 fully saturated rings. The molecule has 1 amide bonds. The molecule has 0 spiro atoms. The first-order valence-electron chi connectivity index (χ1n) is 5.23. The van der Waals surface area contributed by atoms with Crippen molar-refractivity contribution < 1.29 is 4.79 Å². The Balaban J connectivity index is 2.61. The SMILES string of the molecule is CSCC(C)CNC(=O)c1nc(N)ccc1Cl. The molecule has 1 heterocycles. The highest BCUT2D eigenvalue weighted by Crippen LogP contribution is 2.15. The van der Waals surface area contributed by atoms with Crippen LogP contribution in [0.25, 0.3) is 0 Å². The van der Waals surface area contributed by atoms with Crippen LogP contribution in [0.4, 0.5) is 5.82 Å². The van der Waals surface area contributed by atoms with E-state index in [-0.39, 0.29) is 17.4 Å². The molecule has 1 atom stereocenters. The van der Waals surface area contributed by atoms with Crippen LogP contribution in [0, 0.1) is 5.92 Å². The lowest BCUT2D eigenvalue weighted by atomic mass is 10.2. The zero-order valence-electron chi connectivity index (χ0n) is 9.87. The van der Waals surface area contributed by atoms with Crippen LogP contribution >= 0.6 is 23.4 Å². The Hall–Kier alpha value is -0.940. The zero-order chi connectivity index (χ0) is 12.8. The second-order valence-corrected chi connectivity index (χ2v) is 5.15. The quantitative estimate of drug-likeness (QED) is 0.862. The molecule has 0 aliphatic heterocycles. The van der Waals surface area contributed by atoms with Gasteiger partial charge in [0.05, 0.1) is 5.02 Å². The van der Waals surface area contributed by atoms with Gasteiger partial charge in [0.25, 0.3) is 5.91 Å². The number of pyridine rings is 1. The lowest BCUT2D eigenvalue weighted by Crippen LogP contribution is -2.30. The van der Waals surface area contributed by atoms with E-state index < -0.39 is 0 Å². The van der Waals surface area contributed by atoms with Crippen LogP contribution in [-0.4, -0.2) is 29.4 Å². The summed E-state index contributed by atoms with van der Waals surface area (Å²) in [5, 5.41) is 3.11. The zero-order valence-corrected chi connectivity index (χ0v) is 11.4. The third-order valence-electron chi connectivity index (χ3n) is 2.14. The average Bonchev–Trinajstić information content (AvgIpc) is 2.29. The number of nitrogens with zero attached hydrogens (tertiary/aromatic N) is 1. The number of nitrogens with two attached hydrogens (primary N) is 1. The molecular formula is C11H16ClN3OS. The predicted octanol–water partition coefficient (Wildman–Crippen LogP) is 2.05. The van der Waals surface area contributed by atoms with Crippen molar-refractivity contribution in [1.82, 2.24) is 10.3 Å². The van der Waals surface area contributed by atoms with E-state index in [0.717, 1.165) is 5.75 Å². The summed E-state index contributed by atoms with van der Waals surface area (Å²) >= 11 is 7.63. The number of halogens is 1. The molecule has 17 heavy (non-hydrogen) atoms. The molecule has 0 saturated carbocycles. The molecule has 0 aliphatic carbocycles. The van der Waals surface area contributed by atoms with Crippen molar-refractivity contribution in [1.29, 1.82) is 0 Å². The van der Waals surface area contributed by atoms with Gasteiger partial charge in [-0.2, -0.15) is 11.8 Å². The van der Waals surface area contributed by atoms with Crippen LogP contribution in [0.5, 0.6) is 0 Å². The standard InChI is InChI=1S/C11H16ClN3OS/c1-7(6-17-2)5-14-11(16)10-8(12)3-4-9(13)15-10/h3-4,7H,5-6H2,1-2H3,(H2,13,15)(H,14,16). The molecule has 4 nitrogen and oxygen atoms in total. The van der Waals surface area contributed by atoms with Crippen LogP contribution in [0.3, 0.4) is 0 Å². The van der Waals surface area contributed by atoms with E-state index >= 15 is 0 Å². The molecule has 1 aromatic heterocycles. The summed E-state index contributed by atoms with van der Waals surface area (Å²) in [6.45, 7) is 2.68. The monoisotopic (exact) mass is 273 g/mol. The molecule has 1 unspecified atom stereocenters. The molecule has 0 radical (unpaired) electrons. The molecule has 94 valence electrons. The normalized spacial score (nSPS) is 12.2. The Kier molecular flexibility index (Phi) is 5.58. The maximum Gasteiger partial charge on any atom is 0.271 e. The van der Waals surface area contributed by atoms with Gasteiger partial charge in [-0.05, 0) is 30.1 Å². The second-order valence-electron chi connectivity index (χ2n) is 3.84. The number of nitrogens with one attached hydrogen (secondary N) is 1. The maximum atomic E-state index is 11.8. The van der Waals surface area contributed by atoms with Crippen molar-refractivity contribution >= 4 is 35.1 Å². The van der Waals surface area contributed by atoms with Crippen molar-refractivity contribution in [2.75, 3.05) is 24.3 Å². The van der Waals surface area contributed by atoms with E-state index in [1.54, 1.807) is 23.9 Å². The van der Waals surface area contributed by atoms with Crippen molar-refractivity contribution in [2.24, 2.45) is 5.92 Å². The van der Waals surface area contributed by atoms with Gasteiger partial charge in [0, 0.05) is 6.54 Å². The van der Waals surface area contributed by atoms with Gasteiger partial charge in [0.2, 0.25) is 0 Å². The fourth-order valence-corrected chi connectivity index (χ4v) is 2.19. The number of anilines is 1. The Morgan fingerprint density at radius 1 is 1.65 bits per heavy atom. The number of carbonyl (C=O) groups excluding carboxylic acids is 1. The lowest BCUT2D eigenvalue weighted by molar-refractivity contribution is 0.0944. The topological polar surface area (TPSA) is 68.0 Å². The first-order valence-corrected chi connectivity index (χ1v) is 7.01. The van der Waals surface area contributed by atoms with E-state index in [0.29, 0.717) is 17.5 Å². The van der Waals surface area contributed by atoms with E-state index in [2.05, 4.69) is 17.2 Å². The molecule has 0 saturated heterocycles. The highest BCUT2D eigenvalue weighted by molar-refractivity contribution is 7.98. The first-order chi connectivity index (χ1) is 8.04. The van der Waals surface area contributed by atoms with E-state index in [1.807, 2.05) is 6.26 Å². The number of nitrogen functional groups attached to an aromatic ring is 1. The number of rotatable bonds is 5. The van der Waals surface area contributed by atoms with Crippen molar-refractivity contribution in [3.05, 3.63) is 22.8 Å². The van der Waals surface area contributed by atoms with E-state index in [9.17, 15) is 4.79 Å². The fraction of sp³-hybridized carbons (Fsp3) is 0.455. The van der Waals surface area contributed by atoms with Gasteiger partial charge in [-0.15, -0.1) is 0 Å². The molecular weight excluding hydrogens is 258 g/mol. The molecule has 1 rings (SSSR count). The predicted molar refractivity (Wildman–Crippen MR) is 73.5 cm³/mol. The summed E-state index contributed by atoms with van der Waals surface area (Å²) < 4.78 is 0. The fourth-order valence-electron chi connectivity index (χ4n) is 1.31. The third-order valence-corrected chi connectivity index (χ3v) is 3.35. The van der Waals surface area contributed by atoms with Gasteiger partial charge in [0.1, 0.15) is 11.5 Å². The van der Waals surface area contributed by atoms with Crippen molar-refractivity contribution in [3.63, 3.8) is 0 Å². The number of hydrogen-bond acceptors (Lipinski definition) is 4. The minimum absolute atomic E-state index is 0.183. The van der Waals surface area contributed by atoms with Crippen LogP contribution in [-0.2, 0) is 0 Å². The summed E-state index contributed by atoms with van der Waals surface area (Å²) in [6, 6.07) is 3.14. The molecule has 0 bridgehead atoms. The van der Waals surface area contributed by atoms with Gasteiger partial charge in [0.15, 0.2) is 0 Å². The van der Waals surface area contributed by atoms with E-state index in [1.165, 1.54) is 0 Å². The average molecular weight is 274 g/mol. The number of hydrogen-bond donors (Lipinski definition) is 2. The maximum absolute atomic E-state index is 11.8. The third kappa shape index (κ3) is 4.44. The minimum Gasteiger partial charge on any atom is -0.384 e. The summed E-state index contributed by atoms with van der Waals surface area (Å²) in [4.78, 5) is 15.7. The number of thioether (sulfide) groups is 1. The first kappa shape index (κ1) is 14.1. The minimum atomic E-state index is -0.282. The summed E-state index contributed by atoms with van der Waals surface area (Å²) in [7, 11) is 0. The van der Waals surface area contributed by atoms with Crippen LogP contribution in [0.1, 0.15) is 17.4 Å². The molecule has 0 aliphatic rings. The Labute approximate surface area is 110 Å². The smallest absolute Gasteiger partial charge is 0.271 e. The van der Waals surface area contributed by atoms with Gasteiger partial charge in [-0.25, -0.2) is 4.98 Å². The van der Waals surface area contributed by atoms with Gasteiger partial charge >= 0.3 is 0 Å². The molecule has 0 aromatic carbocycles. The summed E-state index contributed by atoms with van der Waals surface area (Å²) in [5.74, 6) is 1.42. The number of aromatic nitrogens is 1. The van der Waals surface area contributed by atoms with Gasteiger partial charge < -0.3 is 11.1 Å². The largest absolute Gasteiger partial charge is 0.384 e. The molecule has 6 heteroatoms. The van der Waals surface area contributed by atoms with Crippen LogP contribution in [0.15, 0.2) is 12.1 Å².